The van der Waals surface area contributed by atoms with E-state index in [1.165, 1.54) is 12.0 Å². The zero-order valence-corrected chi connectivity index (χ0v) is 12.6. The molecule has 1 saturated heterocycles. The van der Waals surface area contributed by atoms with Crippen molar-refractivity contribution < 1.29 is 5.11 Å². The summed E-state index contributed by atoms with van der Waals surface area (Å²) < 4.78 is 0. The molecule has 110 valence electrons. The molecule has 0 aromatic heterocycles. The van der Waals surface area contributed by atoms with Crippen LogP contribution in [0.4, 0.5) is 0 Å². The summed E-state index contributed by atoms with van der Waals surface area (Å²) in [6.07, 6.45) is 3.02. The molecule has 1 aromatic rings. The van der Waals surface area contributed by atoms with Gasteiger partial charge >= 0.3 is 0 Å². The van der Waals surface area contributed by atoms with Gasteiger partial charge in [0.05, 0.1) is 0 Å². The molecule has 1 heterocycles. The van der Waals surface area contributed by atoms with Gasteiger partial charge in [-0.3, -0.25) is 0 Å². The Kier molecular flexibility index (Phi) is 3.85. The van der Waals surface area contributed by atoms with Crippen molar-refractivity contribution in [1.82, 2.24) is 10.2 Å². The van der Waals surface area contributed by atoms with Crippen LogP contribution in [0.15, 0.2) is 24.3 Å². The smallest absolute Gasteiger partial charge is 0.103 e. The summed E-state index contributed by atoms with van der Waals surface area (Å²) in [6, 6.07) is 8.86. The summed E-state index contributed by atoms with van der Waals surface area (Å²) >= 11 is 0. The minimum Gasteiger partial charge on any atom is -0.384 e. The molecule has 3 atom stereocenters. The van der Waals surface area contributed by atoms with Gasteiger partial charge < -0.3 is 15.3 Å². The summed E-state index contributed by atoms with van der Waals surface area (Å²) in [5, 5.41) is 14.6. The number of nitrogens with one attached hydrogen (secondary N) is 1. The quantitative estimate of drug-likeness (QED) is 0.881. The van der Waals surface area contributed by atoms with Crippen molar-refractivity contribution in [3.63, 3.8) is 0 Å². The van der Waals surface area contributed by atoms with Crippen molar-refractivity contribution in [1.29, 1.82) is 0 Å². The van der Waals surface area contributed by atoms with Crippen LogP contribution in [0.25, 0.3) is 0 Å². The van der Waals surface area contributed by atoms with E-state index in [0.717, 1.165) is 31.5 Å². The molecule has 2 N–H and O–H groups in total. The van der Waals surface area contributed by atoms with Crippen molar-refractivity contribution in [3.8, 4) is 0 Å². The van der Waals surface area contributed by atoms with E-state index in [1.807, 2.05) is 6.07 Å². The second-order valence-electron chi connectivity index (χ2n) is 6.70. The van der Waals surface area contributed by atoms with Crippen LogP contribution in [0.1, 0.15) is 30.9 Å². The summed E-state index contributed by atoms with van der Waals surface area (Å²) in [4.78, 5) is 2.39. The fourth-order valence-corrected chi connectivity index (χ4v) is 3.81. The number of rotatable bonds is 3. The van der Waals surface area contributed by atoms with E-state index < -0.39 is 5.60 Å². The van der Waals surface area contributed by atoms with E-state index in [2.05, 4.69) is 42.4 Å². The van der Waals surface area contributed by atoms with E-state index in [9.17, 15) is 5.11 Å². The van der Waals surface area contributed by atoms with E-state index in [-0.39, 0.29) is 0 Å². The minimum atomic E-state index is -0.667. The Morgan fingerprint density at radius 2 is 2.20 bits per heavy atom. The predicted octanol–water partition coefficient (Wildman–Crippen LogP) is 1.75. The monoisotopic (exact) mass is 274 g/mol. The number of aryl methyl sites for hydroxylation is 1. The number of benzene rings is 1. The maximum atomic E-state index is 10.9. The molecule has 3 nitrogen and oxygen atoms in total. The summed E-state index contributed by atoms with van der Waals surface area (Å²) in [5.41, 5.74) is 1.78. The molecule has 3 heteroatoms. The zero-order valence-electron chi connectivity index (χ0n) is 12.6. The van der Waals surface area contributed by atoms with Crippen molar-refractivity contribution in [2.45, 2.75) is 37.8 Å². The Labute approximate surface area is 122 Å². The highest BCUT2D eigenvalue weighted by molar-refractivity contribution is 5.37. The summed E-state index contributed by atoms with van der Waals surface area (Å²) in [6.45, 7) is 5.28. The number of hydrogen-bond donors (Lipinski definition) is 2. The normalized spacial score (nSPS) is 34.1. The van der Waals surface area contributed by atoms with Gasteiger partial charge in [0.1, 0.15) is 5.60 Å². The van der Waals surface area contributed by atoms with E-state index in [0.29, 0.717) is 18.5 Å². The Hall–Kier alpha value is -0.900. The van der Waals surface area contributed by atoms with Crippen molar-refractivity contribution in [2.24, 2.45) is 5.92 Å². The molecule has 1 aliphatic carbocycles. The van der Waals surface area contributed by atoms with E-state index in [1.54, 1.807) is 0 Å². The lowest BCUT2D eigenvalue weighted by Gasteiger charge is -2.37. The number of hydrogen-bond acceptors (Lipinski definition) is 3. The highest BCUT2D eigenvalue weighted by Crippen LogP contribution is 2.36. The average Bonchev–Trinajstić information content (AvgIpc) is 2.77. The maximum absolute atomic E-state index is 10.9. The maximum Gasteiger partial charge on any atom is 0.103 e. The van der Waals surface area contributed by atoms with Crippen LogP contribution in [0.5, 0.6) is 0 Å². The first kappa shape index (κ1) is 14.1. The Balaban J connectivity index is 1.64. The fourth-order valence-electron chi connectivity index (χ4n) is 3.81. The summed E-state index contributed by atoms with van der Waals surface area (Å²) in [7, 11) is 2.19. The van der Waals surface area contributed by atoms with Crippen LogP contribution >= 0.6 is 0 Å². The first-order valence-electron chi connectivity index (χ1n) is 7.81. The molecule has 1 aromatic carbocycles. The highest BCUT2D eigenvalue weighted by Gasteiger charge is 2.37. The number of piperidine rings is 1. The number of likely N-dealkylation sites (tertiary alicyclic amines) is 1. The molecule has 3 rings (SSSR count). The topological polar surface area (TPSA) is 35.5 Å². The van der Waals surface area contributed by atoms with Gasteiger partial charge in [-0.05, 0) is 49.9 Å². The van der Waals surface area contributed by atoms with Crippen LogP contribution in [0.2, 0.25) is 0 Å². The van der Waals surface area contributed by atoms with E-state index >= 15 is 0 Å². The molecule has 20 heavy (non-hydrogen) atoms. The van der Waals surface area contributed by atoms with Crippen molar-refractivity contribution >= 4 is 0 Å². The second kappa shape index (κ2) is 5.47. The SMILES string of the molecule is CC1CN(C)CCC1NCC1(O)CCc2ccccc21. The lowest BCUT2D eigenvalue weighted by Crippen LogP contribution is -2.50. The minimum absolute atomic E-state index is 0.531. The van der Waals surface area contributed by atoms with Crippen LogP contribution in [0.3, 0.4) is 0 Å². The fraction of sp³-hybridized carbons (Fsp3) is 0.647. The average molecular weight is 274 g/mol. The van der Waals surface area contributed by atoms with Gasteiger partial charge in [-0.25, -0.2) is 0 Å². The van der Waals surface area contributed by atoms with Gasteiger partial charge in [-0.15, -0.1) is 0 Å². The van der Waals surface area contributed by atoms with Gasteiger partial charge in [0.2, 0.25) is 0 Å². The number of aliphatic hydroxyl groups is 1. The molecule has 3 unspecified atom stereocenters. The third kappa shape index (κ3) is 2.62. The Morgan fingerprint density at radius 3 is 3.00 bits per heavy atom. The molecule has 0 spiro atoms. The predicted molar refractivity (Wildman–Crippen MR) is 81.7 cm³/mol. The van der Waals surface area contributed by atoms with Crippen molar-refractivity contribution in [2.75, 3.05) is 26.7 Å². The van der Waals surface area contributed by atoms with Crippen molar-refractivity contribution in [3.05, 3.63) is 35.4 Å². The standard InChI is InChI=1S/C17H26N2O/c1-13-11-19(2)10-8-16(13)18-12-17(20)9-7-14-5-3-4-6-15(14)17/h3-6,13,16,18,20H,7-12H2,1-2H3. The van der Waals surface area contributed by atoms with Crippen LogP contribution in [-0.2, 0) is 12.0 Å². The number of nitrogens with zero attached hydrogens (tertiary/aromatic N) is 1. The van der Waals surface area contributed by atoms with Gasteiger partial charge in [-0.1, -0.05) is 31.2 Å². The Bertz CT molecular complexity index is 476. The molecule has 1 aliphatic heterocycles. The van der Waals surface area contributed by atoms with Gasteiger partial charge in [-0.2, -0.15) is 0 Å². The van der Waals surface area contributed by atoms with Crippen LogP contribution < -0.4 is 5.32 Å². The zero-order chi connectivity index (χ0) is 14.2. The molecular formula is C17H26N2O. The first-order chi connectivity index (χ1) is 9.58. The third-order valence-electron chi connectivity index (χ3n) is 5.09. The molecule has 0 radical (unpaired) electrons. The molecule has 2 aliphatic rings. The van der Waals surface area contributed by atoms with Crippen LogP contribution in [0, 0.1) is 5.92 Å². The highest BCUT2D eigenvalue weighted by atomic mass is 16.3. The molecule has 0 saturated carbocycles. The lowest BCUT2D eigenvalue weighted by atomic mass is 9.91. The Morgan fingerprint density at radius 1 is 1.40 bits per heavy atom. The molecule has 1 fully saturated rings. The number of fused-ring (bicyclic) bond motifs is 1. The second-order valence-corrected chi connectivity index (χ2v) is 6.70. The summed E-state index contributed by atoms with van der Waals surface area (Å²) in [5.74, 6) is 0.647. The molecular weight excluding hydrogens is 248 g/mol. The lowest BCUT2D eigenvalue weighted by molar-refractivity contribution is 0.0299. The van der Waals surface area contributed by atoms with Gasteiger partial charge in [0, 0.05) is 19.1 Å². The van der Waals surface area contributed by atoms with Gasteiger partial charge in [0.25, 0.3) is 0 Å². The largest absolute Gasteiger partial charge is 0.384 e. The first-order valence-corrected chi connectivity index (χ1v) is 7.81. The van der Waals surface area contributed by atoms with E-state index in [4.69, 9.17) is 0 Å². The van der Waals surface area contributed by atoms with Crippen LogP contribution in [-0.4, -0.2) is 42.7 Å². The van der Waals surface area contributed by atoms with Gasteiger partial charge in [0.15, 0.2) is 0 Å². The molecule has 0 bridgehead atoms. The molecule has 0 amide bonds. The third-order valence-corrected chi connectivity index (χ3v) is 5.09.